The highest BCUT2D eigenvalue weighted by molar-refractivity contribution is 7.22. The molecule has 14 heteroatoms. The molecule has 13 nitrogen and oxygen atoms in total. The molecule has 1 saturated heterocycles. The minimum atomic E-state index is -0.821. The Morgan fingerprint density at radius 2 is 1.80 bits per heavy atom. The third kappa shape index (κ3) is 8.27. The molecule has 322 valence electrons. The number of hydrogen-bond acceptors (Lipinski definition) is 10. The van der Waals surface area contributed by atoms with Gasteiger partial charge in [-0.2, -0.15) is 5.10 Å². The van der Waals surface area contributed by atoms with Gasteiger partial charge in [-0.15, -0.1) is 0 Å². The molecule has 0 amide bonds. The summed E-state index contributed by atoms with van der Waals surface area (Å²) in [4.78, 5) is 11.1. The normalized spacial score (nSPS) is 28.9. The number of nitrogens with zero attached hydrogens (tertiary/aromatic N) is 6. The quantitative estimate of drug-likeness (QED) is 0.0309. The maximum atomic E-state index is 10.7. The lowest BCUT2D eigenvalue weighted by atomic mass is 9.39. The van der Waals surface area contributed by atoms with Crippen molar-refractivity contribution in [1.29, 1.82) is 5.41 Å². The summed E-state index contributed by atoms with van der Waals surface area (Å²) in [5, 5.41) is 48.8. The Morgan fingerprint density at radius 1 is 1.05 bits per heavy atom. The molecule has 4 heterocycles. The van der Waals surface area contributed by atoms with Crippen LogP contribution < -0.4 is 11.1 Å². The van der Waals surface area contributed by atoms with E-state index in [1.807, 2.05) is 54.4 Å². The monoisotopic (exact) mass is 838 g/mol. The number of likely N-dealkylation sites (tertiary alicyclic amines) is 1. The van der Waals surface area contributed by atoms with Gasteiger partial charge < -0.3 is 40.5 Å². The highest BCUT2D eigenvalue weighted by Gasteiger charge is 2.66. The number of ether oxygens (including phenoxy) is 1. The van der Waals surface area contributed by atoms with Gasteiger partial charge >= 0.3 is 0 Å². The number of unbranched alkanes of at least 4 members (excludes halogenated alkanes) is 1. The lowest BCUT2D eigenvalue weighted by Gasteiger charge is -2.69. The average Bonchev–Trinajstić information content (AvgIpc) is 3.74. The second-order valence-corrected chi connectivity index (χ2v) is 21.0. The lowest BCUT2D eigenvalue weighted by Crippen LogP contribution is -2.64. The third-order valence-corrected chi connectivity index (χ3v) is 14.9. The van der Waals surface area contributed by atoms with Crippen molar-refractivity contribution in [2.24, 2.45) is 27.0 Å². The van der Waals surface area contributed by atoms with Crippen molar-refractivity contribution in [3.05, 3.63) is 82.5 Å². The number of nitrogens with two attached hydrogens (primary N) is 1. The number of rotatable bonds is 14. The van der Waals surface area contributed by atoms with E-state index in [0.29, 0.717) is 35.3 Å². The van der Waals surface area contributed by atoms with Crippen LogP contribution in [0.15, 0.2) is 76.2 Å². The molecule has 2 unspecified atom stereocenters. The number of para-hydroxylation sites is 1. The third-order valence-electron chi connectivity index (χ3n) is 14.0. The molecule has 5 fully saturated rings. The predicted molar refractivity (Wildman–Crippen MR) is 239 cm³/mol. The number of aliphatic hydroxyl groups excluding tert-OH is 2. The number of likely N-dealkylation sites (N-methyl/N-ethyl adjacent to an activating group) is 1. The predicted octanol–water partition coefficient (Wildman–Crippen LogP) is 7.98. The minimum absolute atomic E-state index is 0.0440. The maximum absolute atomic E-state index is 10.7. The number of aromatic nitrogens is 3. The van der Waals surface area contributed by atoms with Gasteiger partial charge in [-0.3, -0.25) is 10.1 Å². The van der Waals surface area contributed by atoms with E-state index in [0.717, 1.165) is 115 Å². The number of allylic oxidation sites excluding steroid dienone is 3. The highest BCUT2D eigenvalue weighted by Crippen LogP contribution is 2.72. The number of aliphatic imine (C=N–C) groups is 1. The van der Waals surface area contributed by atoms with Crippen LogP contribution in [0.3, 0.4) is 0 Å². The smallest absolute Gasteiger partial charge is 0.299 e. The Hall–Kier alpha value is -4.50. The molecule has 7 N–H and O–H groups in total. The van der Waals surface area contributed by atoms with Crippen molar-refractivity contribution < 1.29 is 24.5 Å². The fourth-order valence-electron chi connectivity index (χ4n) is 12.3. The van der Waals surface area contributed by atoms with Gasteiger partial charge in [0.1, 0.15) is 29.7 Å². The van der Waals surface area contributed by atoms with Crippen LogP contribution in [0.4, 0.5) is 5.13 Å². The van der Waals surface area contributed by atoms with Gasteiger partial charge in [0.05, 0.1) is 49.3 Å². The zero-order valence-electron chi connectivity index (χ0n) is 36.3. The molecule has 4 bridgehead atoms. The topological polar surface area (TPSA) is 178 Å². The number of nitrogens with one attached hydrogen (secondary N) is 2. The first-order chi connectivity index (χ1) is 28.4. The van der Waals surface area contributed by atoms with E-state index < -0.39 is 5.95 Å². The molecule has 4 aliphatic carbocycles. The molecule has 4 atom stereocenters. The van der Waals surface area contributed by atoms with Gasteiger partial charge in [0, 0.05) is 42.1 Å². The van der Waals surface area contributed by atoms with E-state index in [1.165, 1.54) is 17.8 Å². The van der Waals surface area contributed by atoms with Gasteiger partial charge in [-0.1, -0.05) is 37.3 Å². The summed E-state index contributed by atoms with van der Waals surface area (Å²) in [6.07, 6.45) is 15.7. The summed E-state index contributed by atoms with van der Waals surface area (Å²) in [5.74, 6) is 0.369. The first-order valence-electron chi connectivity index (χ1n) is 21.6. The summed E-state index contributed by atoms with van der Waals surface area (Å²) in [6, 6.07) is 7.88. The van der Waals surface area contributed by atoms with Crippen molar-refractivity contribution in [2.75, 3.05) is 46.9 Å². The van der Waals surface area contributed by atoms with E-state index in [9.17, 15) is 20.7 Å². The second kappa shape index (κ2) is 15.8. The SMILES string of the molecule is CC(=C1\CCCN(C2=CC=C(c3cnn(CC45CC6(OCC[N+](C)(C)CCCCO)C[C@](C)(C4)C[C@](C)(C5)C6)c3C)C(=C(O)O)N2)C1=N)/C(N)=N\c1nc2ccccc2s1. The molecular formula is C46H64N9O4S+. The number of benzene rings is 1. The minimum Gasteiger partial charge on any atom is -0.480 e. The van der Waals surface area contributed by atoms with E-state index >= 15 is 0 Å². The number of thiazole rings is 1. The van der Waals surface area contributed by atoms with Crippen LogP contribution in [-0.4, -0.2) is 104 Å². The zero-order valence-corrected chi connectivity index (χ0v) is 37.1. The van der Waals surface area contributed by atoms with Crippen LogP contribution in [0.25, 0.3) is 15.8 Å². The van der Waals surface area contributed by atoms with Crippen molar-refractivity contribution in [1.82, 2.24) is 25.0 Å². The molecule has 4 saturated carbocycles. The Morgan fingerprint density at radius 3 is 2.52 bits per heavy atom. The molecule has 3 aromatic rings. The summed E-state index contributed by atoms with van der Waals surface area (Å²) in [6.45, 7) is 13.2. The van der Waals surface area contributed by atoms with Crippen molar-refractivity contribution in [3.8, 4) is 0 Å². The van der Waals surface area contributed by atoms with Crippen LogP contribution in [0.5, 0.6) is 0 Å². The maximum Gasteiger partial charge on any atom is 0.299 e. The van der Waals surface area contributed by atoms with Crippen LogP contribution in [0.2, 0.25) is 0 Å². The van der Waals surface area contributed by atoms with Crippen LogP contribution in [0, 0.1) is 28.6 Å². The van der Waals surface area contributed by atoms with Crippen molar-refractivity contribution in [3.63, 3.8) is 0 Å². The standard InChI is InChI=1S/C46H63N9O4S/c1-30(39(47)52-42-50-35-13-7-8-14-36(35)60-42)32-12-11-17-53(40(32)48)37-16-15-33(38(51-37)41(57)58)34-22-49-54(31(34)2)29-45-24-43(3)23-44(4,25-45)27-46(26-43,28-45)59-21-19-55(5,6)18-9-10-20-56/h7-8,13-16,22,56H,9-12,17-21,23-29H2,1-6H3,(H5-,47,48,50,51,52,57,58)/p+1/t43-,44+,45?,46?. The molecular weight excluding hydrogens is 775 g/mol. The molecule has 60 heavy (non-hydrogen) atoms. The first kappa shape index (κ1) is 42.2. The Bertz CT molecular complexity index is 2280. The van der Waals surface area contributed by atoms with Crippen LogP contribution >= 0.6 is 11.3 Å². The van der Waals surface area contributed by atoms with E-state index in [2.05, 4.69) is 54.8 Å². The van der Waals surface area contributed by atoms with E-state index in [1.54, 1.807) is 0 Å². The fourth-order valence-corrected chi connectivity index (χ4v) is 13.2. The highest BCUT2D eigenvalue weighted by atomic mass is 32.1. The van der Waals surface area contributed by atoms with Crippen LogP contribution in [-0.2, 0) is 11.3 Å². The number of fused-ring (bicyclic) bond motifs is 1. The van der Waals surface area contributed by atoms with Gasteiger partial charge in [0.15, 0.2) is 0 Å². The van der Waals surface area contributed by atoms with E-state index in [-0.39, 0.29) is 40.0 Å². The second-order valence-electron chi connectivity index (χ2n) is 20.0. The van der Waals surface area contributed by atoms with Gasteiger partial charge in [-0.05, 0) is 124 Å². The lowest BCUT2D eigenvalue weighted by molar-refractivity contribution is -0.891. The van der Waals surface area contributed by atoms with Crippen LogP contribution in [0.1, 0.15) is 96.2 Å². The summed E-state index contributed by atoms with van der Waals surface area (Å²) in [5.41, 5.74) is 11.8. The number of dihydropyridines is 1. The van der Waals surface area contributed by atoms with Crippen molar-refractivity contribution >= 4 is 43.9 Å². The Balaban J connectivity index is 1.01. The number of aliphatic hydroxyl groups is 3. The molecule has 0 spiro atoms. The summed E-state index contributed by atoms with van der Waals surface area (Å²) >= 11 is 1.48. The number of quaternary nitrogens is 1. The fraction of sp³-hybridized carbons (Fsp3) is 0.565. The molecule has 1 aromatic carbocycles. The Labute approximate surface area is 358 Å². The zero-order chi connectivity index (χ0) is 42.7. The van der Waals surface area contributed by atoms with Gasteiger partial charge in [-0.25, -0.2) is 9.98 Å². The average molecular weight is 839 g/mol. The number of amidine groups is 2. The molecule has 2 aromatic heterocycles. The number of piperidine rings is 1. The molecule has 0 radical (unpaired) electrons. The number of hydrogen-bond donors (Lipinski definition) is 6. The van der Waals surface area contributed by atoms with Gasteiger partial charge in [0.25, 0.3) is 5.95 Å². The van der Waals surface area contributed by atoms with E-state index in [4.69, 9.17) is 15.6 Å². The largest absolute Gasteiger partial charge is 0.480 e. The van der Waals surface area contributed by atoms with Gasteiger partial charge in [0.2, 0.25) is 5.13 Å². The Kier molecular flexibility index (Phi) is 11.1. The molecule has 9 rings (SSSR count). The summed E-state index contributed by atoms with van der Waals surface area (Å²) in [7, 11) is 4.53. The molecule has 6 aliphatic rings. The first-order valence-corrected chi connectivity index (χ1v) is 22.4. The summed E-state index contributed by atoms with van der Waals surface area (Å²) < 4.78 is 11.1. The van der Waals surface area contributed by atoms with Crippen molar-refractivity contribution in [2.45, 2.75) is 104 Å². The molecule has 2 aliphatic heterocycles.